The molecule has 0 bridgehead atoms. The SMILES string of the molecule is NC1(CO)CCC(Oc2ccccc2)C1. The number of aliphatic hydroxyl groups excluding tert-OH is 1. The smallest absolute Gasteiger partial charge is 0.119 e. The van der Waals surface area contributed by atoms with E-state index in [0.717, 1.165) is 25.0 Å². The number of ether oxygens (including phenoxy) is 1. The molecule has 2 rings (SSSR count). The molecule has 0 saturated heterocycles. The normalized spacial score (nSPS) is 30.4. The quantitative estimate of drug-likeness (QED) is 0.785. The summed E-state index contributed by atoms with van der Waals surface area (Å²) in [4.78, 5) is 0. The summed E-state index contributed by atoms with van der Waals surface area (Å²) >= 11 is 0. The van der Waals surface area contributed by atoms with E-state index in [1.54, 1.807) is 0 Å². The molecule has 3 nitrogen and oxygen atoms in total. The molecule has 0 aliphatic heterocycles. The Morgan fingerprint density at radius 1 is 1.40 bits per heavy atom. The van der Waals surface area contributed by atoms with E-state index >= 15 is 0 Å². The Hall–Kier alpha value is -1.06. The van der Waals surface area contributed by atoms with Crippen molar-refractivity contribution in [2.75, 3.05) is 6.61 Å². The Balaban J connectivity index is 1.93. The molecule has 0 aromatic heterocycles. The molecule has 82 valence electrons. The maximum Gasteiger partial charge on any atom is 0.119 e. The highest BCUT2D eigenvalue weighted by Gasteiger charge is 2.36. The van der Waals surface area contributed by atoms with Crippen LogP contribution < -0.4 is 10.5 Å². The van der Waals surface area contributed by atoms with Crippen LogP contribution >= 0.6 is 0 Å². The monoisotopic (exact) mass is 207 g/mol. The van der Waals surface area contributed by atoms with Crippen molar-refractivity contribution < 1.29 is 9.84 Å². The molecule has 0 radical (unpaired) electrons. The Morgan fingerprint density at radius 2 is 2.13 bits per heavy atom. The van der Waals surface area contributed by atoms with E-state index < -0.39 is 5.54 Å². The van der Waals surface area contributed by atoms with Crippen molar-refractivity contribution >= 4 is 0 Å². The van der Waals surface area contributed by atoms with Gasteiger partial charge in [-0.3, -0.25) is 0 Å². The highest BCUT2D eigenvalue weighted by atomic mass is 16.5. The van der Waals surface area contributed by atoms with Gasteiger partial charge in [0.05, 0.1) is 6.61 Å². The summed E-state index contributed by atoms with van der Waals surface area (Å²) in [6.07, 6.45) is 2.63. The third kappa shape index (κ3) is 2.49. The highest BCUT2D eigenvalue weighted by molar-refractivity contribution is 5.21. The summed E-state index contributed by atoms with van der Waals surface area (Å²) < 4.78 is 5.78. The molecule has 2 unspecified atom stereocenters. The van der Waals surface area contributed by atoms with E-state index in [4.69, 9.17) is 15.6 Å². The first kappa shape index (κ1) is 10.5. The maximum absolute atomic E-state index is 9.13. The molecular formula is C12H17NO2. The van der Waals surface area contributed by atoms with Crippen molar-refractivity contribution in [3.63, 3.8) is 0 Å². The first-order chi connectivity index (χ1) is 7.22. The zero-order valence-corrected chi connectivity index (χ0v) is 8.73. The zero-order chi connectivity index (χ0) is 10.7. The van der Waals surface area contributed by atoms with Gasteiger partial charge < -0.3 is 15.6 Å². The molecule has 2 atom stereocenters. The van der Waals surface area contributed by atoms with Gasteiger partial charge in [0.15, 0.2) is 0 Å². The molecular weight excluding hydrogens is 190 g/mol. The molecule has 3 N–H and O–H groups in total. The van der Waals surface area contributed by atoms with Crippen molar-refractivity contribution in [3.05, 3.63) is 30.3 Å². The van der Waals surface area contributed by atoms with Crippen molar-refractivity contribution in [2.24, 2.45) is 5.73 Å². The first-order valence-corrected chi connectivity index (χ1v) is 5.33. The maximum atomic E-state index is 9.13. The molecule has 1 saturated carbocycles. The summed E-state index contributed by atoms with van der Waals surface area (Å²) in [6, 6.07) is 9.74. The van der Waals surface area contributed by atoms with Crippen LogP contribution in [0.3, 0.4) is 0 Å². The molecule has 1 aliphatic rings. The average molecular weight is 207 g/mol. The van der Waals surface area contributed by atoms with Crippen LogP contribution in [0, 0.1) is 0 Å². The van der Waals surface area contributed by atoms with Crippen LogP contribution in [0.2, 0.25) is 0 Å². The number of para-hydroxylation sites is 1. The highest BCUT2D eigenvalue weighted by Crippen LogP contribution is 2.30. The van der Waals surface area contributed by atoms with Gasteiger partial charge in [0.1, 0.15) is 11.9 Å². The number of hydrogen-bond donors (Lipinski definition) is 2. The largest absolute Gasteiger partial charge is 0.490 e. The molecule has 1 aromatic carbocycles. The number of hydrogen-bond acceptors (Lipinski definition) is 3. The number of rotatable bonds is 3. The summed E-state index contributed by atoms with van der Waals surface area (Å²) in [6.45, 7) is 0.0433. The van der Waals surface area contributed by atoms with Crippen LogP contribution in [0.4, 0.5) is 0 Å². The second-order valence-corrected chi connectivity index (χ2v) is 4.32. The van der Waals surface area contributed by atoms with Gasteiger partial charge in [-0.15, -0.1) is 0 Å². The molecule has 0 spiro atoms. The fourth-order valence-corrected chi connectivity index (χ4v) is 2.04. The lowest BCUT2D eigenvalue weighted by Gasteiger charge is -2.20. The number of aliphatic hydroxyl groups is 1. The lowest BCUT2D eigenvalue weighted by molar-refractivity contribution is 0.166. The van der Waals surface area contributed by atoms with E-state index in [2.05, 4.69) is 0 Å². The summed E-state index contributed by atoms with van der Waals surface area (Å²) in [5, 5.41) is 9.13. The molecule has 15 heavy (non-hydrogen) atoms. The van der Waals surface area contributed by atoms with E-state index in [0.29, 0.717) is 0 Å². The lowest BCUT2D eigenvalue weighted by atomic mass is 10.0. The molecule has 0 amide bonds. The van der Waals surface area contributed by atoms with Crippen LogP contribution in [0.15, 0.2) is 30.3 Å². The van der Waals surface area contributed by atoms with E-state index in [9.17, 15) is 0 Å². The molecule has 1 aliphatic carbocycles. The minimum Gasteiger partial charge on any atom is -0.490 e. The number of nitrogens with two attached hydrogens (primary N) is 1. The third-order valence-corrected chi connectivity index (χ3v) is 2.96. The lowest BCUT2D eigenvalue weighted by Crippen LogP contribution is -2.41. The van der Waals surface area contributed by atoms with Crippen molar-refractivity contribution in [2.45, 2.75) is 30.9 Å². The molecule has 1 fully saturated rings. The Kier molecular flexibility index (Phi) is 2.93. The topological polar surface area (TPSA) is 55.5 Å². The Labute approximate surface area is 89.9 Å². The molecule has 1 aromatic rings. The van der Waals surface area contributed by atoms with Gasteiger partial charge in [0, 0.05) is 12.0 Å². The van der Waals surface area contributed by atoms with E-state index in [-0.39, 0.29) is 12.7 Å². The van der Waals surface area contributed by atoms with Crippen LogP contribution in [-0.4, -0.2) is 23.4 Å². The fourth-order valence-electron chi connectivity index (χ4n) is 2.04. The van der Waals surface area contributed by atoms with Gasteiger partial charge in [-0.05, 0) is 25.0 Å². The van der Waals surface area contributed by atoms with Crippen LogP contribution in [0.1, 0.15) is 19.3 Å². The van der Waals surface area contributed by atoms with E-state index in [1.807, 2.05) is 30.3 Å². The molecule has 3 heteroatoms. The second kappa shape index (κ2) is 4.21. The average Bonchev–Trinajstić information content (AvgIpc) is 2.63. The minimum absolute atomic E-state index is 0.0433. The first-order valence-electron chi connectivity index (χ1n) is 5.33. The van der Waals surface area contributed by atoms with Gasteiger partial charge in [-0.2, -0.15) is 0 Å². The van der Waals surface area contributed by atoms with Crippen molar-refractivity contribution in [1.82, 2.24) is 0 Å². The van der Waals surface area contributed by atoms with Gasteiger partial charge >= 0.3 is 0 Å². The van der Waals surface area contributed by atoms with Gasteiger partial charge in [-0.25, -0.2) is 0 Å². The number of benzene rings is 1. The van der Waals surface area contributed by atoms with Crippen molar-refractivity contribution in [1.29, 1.82) is 0 Å². The van der Waals surface area contributed by atoms with Gasteiger partial charge in [-0.1, -0.05) is 18.2 Å². The third-order valence-electron chi connectivity index (χ3n) is 2.96. The predicted octanol–water partition coefficient (Wildman–Crippen LogP) is 1.31. The standard InChI is InChI=1S/C12H17NO2/c13-12(9-14)7-6-11(8-12)15-10-4-2-1-3-5-10/h1-5,11,14H,6-9,13H2. The minimum atomic E-state index is -0.431. The second-order valence-electron chi connectivity index (χ2n) is 4.32. The van der Waals surface area contributed by atoms with Crippen LogP contribution in [0.5, 0.6) is 5.75 Å². The molecule has 0 heterocycles. The van der Waals surface area contributed by atoms with Gasteiger partial charge in [0.2, 0.25) is 0 Å². The van der Waals surface area contributed by atoms with Crippen molar-refractivity contribution in [3.8, 4) is 5.75 Å². The summed E-state index contributed by atoms with van der Waals surface area (Å²) in [5.41, 5.74) is 5.54. The van der Waals surface area contributed by atoms with Gasteiger partial charge in [0.25, 0.3) is 0 Å². The zero-order valence-electron chi connectivity index (χ0n) is 8.73. The van der Waals surface area contributed by atoms with Crippen LogP contribution in [-0.2, 0) is 0 Å². The Bertz CT molecular complexity index is 315. The van der Waals surface area contributed by atoms with Crippen LogP contribution in [0.25, 0.3) is 0 Å². The fraction of sp³-hybridized carbons (Fsp3) is 0.500. The Morgan fingerprint density at radius 3 is 2.73 bits per heavy atom. The summed E-state index contributed by atoms with van der Waals surface area (Å²) in [5.74, 6) is 0.879. The summed E-state index contributed by atoms with van der Waals surface area (Å²) in [7, 11) is 0. The predicted molar refractivity (Wildman–Crippen MR) is 58.7 cm³/mol. The van der Waals surface area contributed by atoms with E-state index in [1.165, 1.54) is 0 Å².